The Kier molecular flexibility index (Phi) is 4.67. The Bertz CT molecular complexity index is 539. The number of aryl methyl sites for hydroxylation is 2. The molecule has 0 spiro atoms. The highest BCUT2D eigenvalue weighted by molar-refractivity contribution is 5.79. The van der Waals surface area contributed by atoms with Gasteiger partial charge in [-0.05, 0) is 26.7 Å². The lowest BCUT2D eigenvalue weighted by molar-refractivity contribution is -0.128. The van der Waals surface area contributed by atoms with Crippen molar-refractivity contribution in [1.29, 1.82) is 0 Å². The summed E-state index contributed by atoms with van der Waals surface area (Å²) in [5.74, 6) is 7.30. The maximum atomic E-state index is 11.8. The summed E-state index contributed by atoms with van der Waals surface area (Å²) in [4.78, 5) is 18.0. The predicted octanol–water partition coefficient (Wildman–Crippen LogP) is 1.94. The SMILES string of the molecule is CC#C[C@@H]1CCC(=O)N1CCCc1nc(C)c(OC)o1. The van der Waals surface area contributed by atoms with Crippen LogP contribution < -0.4 is 4.74 Å². The Morgan fingerprint density at radius 1 is 1.55 bits per heavy atom. The van der Waals surface area contributed by atoms with E-state index in [0.29, 0.717) is 31.2 Å². The van der Waals surface area contributed by atoms with Crippen molar-refractivity contribution in [1.82, 2.24) is 9.88 Å². The first kappa shape index (κ1) is 14.4. The molecule has 0 aromatic carbocycles. The second-order valence-electron chi connectivity index (χ2n) is 4.82. The normalized spacial score (nSPS) is 18.1. The first-order valence-electron chi connectivity index (χ1n) is 6.87. The van der Waals surface area contributed by atoms with Crippen LogP contribution in [0.1, 0.15) is 37.8 Å². The van der Waals surface area contributed by atoms with E-state index >= 15 is 0 Å². The van der Waals surface area contributed by atoms with Gasteiger partial charge in [0, 0.05) is 19.4 Å². The molecule has 1 aliphatic rings. The zero-order valence-electron chi connectivity index (χ0n) is 12.2. The summed E-state index contributed by atoms with van der Waals surface area (Å²) in [6.45, 7) is 4.35. The van der Waals surface area contributed by atoms with Gasteiger partial charge in [-0.25, -0.2) is 4.98 Å². The molecule has 0 radical (unpaired) electrons. The number of amides is 1. The fourth-order valence-corrected chi connectivity index (χ4v) is 2.46. The minimum absolute atomic E-state index is 0.0772. The van der Waals surface area contributed by atoms with Gasteiger partial charge in [-0.2, -0.15) is 0 Å². The molecule has 0 unspecified atom stereocenters. The molecule has 1 amide bonds. The van der Waals surface area contributed by atoms with E-state index in [1.165, 1.54) is 0 Å². The Morgan fingerprint density at radius 3 is 3.00 bits per heavy atom. The van der Waals surface area contributed by atoms with Gasteiger partial charge in [-0.1, -0.05) is 5.92 Å². The number of methoxy groups -OCH3 is 1. The van der Waals surface area contributed by atoms with E-state index in [1.54, 1.807) is 7.11 Å². The summed E-state index contributed by atoms with van der Waals surface area (Å²) >= 11 is 0. The molecule has 1 fully saturated rings. The van der Waals surface area contributed by atoms with E-state index in [0.717, 1.165) is 18.5 Å². The fraction of sp³-hybridized carbons (Fsp3) is 0.600. The van der Waals surface area contributed by atoms with Crippen molar-refractivity contribution < 1.29 is 13.9 Å². The summed E-state index contributed by atoms with van der Waals surface area (Å²) in [5, 5.41) is 0. The average molecular weight is 276 g/mol. The van der Waals surface area contributed by atoms with E-state index in [9.17, 15) is 4.79 Å². The van der Waals surface area contributed by atoms with Crippen molar-refractivity contribution in [2.75, 3.05) is 13.7 Å². The van der Waals surface area contributed by atoms with Crippen LogP contribution in [0.4, 0.5) is 0 Å². The van der Waals surface area contributed by atoms with Crippen molar-refractivity contribution in [3.05, 3.63) is 11.6 Å². The van der Waals surface area contributed by atoms with Gasteiger partial charge in [-0.15, -0.1) is 5.92 Å². The second kappa shape index (κ2) is 6.47. The van der Waals surface area contributed by atoms with Crippen LogP contribution in [0.3, 0.4) is 0 Å². The summed E-state index contributed by atoms with van der Waals surface area (Å²) < 4.78 is 10.5. The minimum atomic E-state index is 0.0772. The molecule has 1 aromatic rings. The highest BCUT2D eigenvalue weighted by atomic mass is 16.6. The predicted molar refractivity (Wildman–Crippen MR) is 74.3 cm³/mol. The molecule has 2 heterocycles. The Morgan fingerprint density at radius 2 is 2.35 bits per heavy atom. The third-order valence-electron chi connectivity index (χ3n) is 3.41. The van der Waals surface area contributed by atoms with Gasteiger partial charge in [-0.3, -0.25) is 4.79 Å². The Labute approximate surface area is 119 Å². The lowest BCUT2D eigenvalue weighted by Gasteiger charge is -2.20. The second-order valence-corrected chi connectivity index (χ2v) is 4.82. The number of oxazole rings is 1. The summed E-state index contributed by atoms with van der Waals surface area (Å²) in [6, 6.07) is 0.0772. The van der Waals surface area contributed by atoms with E-state index in [2.05, 4.69) is 16.8 Å². The fourth-order valence-electron chi connectivity index (χ4n) is 2.46. The zero-order chi connectivity index (χ0) is 14.5. The lowest BCUT2D eigenvalue weighted by Crippen LogP contribution is -2.33. The quantitative estimate of drug-likeness (QED) is 0.771. The Balaban J connectivity index is 1.87. The van der Waals surface area contributed by atoms with Gasteiger partial charge < -0.3 is 14.1 Å². The summed E-state index contributed by atoms with van der Waals surface area (Å²) in [5.41, 5.74) is 0.759. The highest BCUT2D eigenvalue weighted by Crippen LogP contribution is 2.21. The topological polar surface area (TPSA) is 55.6 Å². The molecule has 2 rings (SSSR count). The van der Waals surface area contributed by atoms with Crippen LogP contribution in [0.15, 0.2) is 4.42 Å². The lowest BCUT2D eigenvalue weighted by atomic mass is 10.2. The van der Waals surface area contributed by atoms with Crippen LogP contribution in [0.5, 0.6) is 5.95 Å². The molecule has 0 bridgehead atoms. The molecule has 108 valence electrons. The van der Waals surface area contributed by atoms with Crippen molar-refractivity contribution >= 4 is 5.91 Å². The number of hydrogen-bond donors (Lipinski definition) is 0. The Hall–Kier alpha value is -1.96. The number of ether oxygens (including phenoxy) is 1. The van der Waals surface area contributed by atoms with Crippen molar-refractivity contribution in [3.63, 3.8) is 0 Å². The maximum Gasteiger partial charge on any atom is 0.307 e. The average Bonchev–Trinajstić information content (AvgIpc) is 2.95. The molecule has 0 saturated carbocycles. The van der Waals surface area contributed by atoms with E-state index in [-0.39, 0.29) is 11.9 Å². The molecule has 20 heavy (non-hydrogen) atoms. The van der Waals surface area contributed by atoms with Crippen LogP contribution in [-0.4, -0.2) is 35.5 Å². The van der Waals surface area contributed by atoms with Gasteiger partial charge in [0.15, 0.2) is 5.89 Å². The van der Waals surface area contributed by atoms with Crippen molar-refractivity contribution in [3.8, 4) is 17.8 Å². The minimum Gasteiger partial charge on any atom is -0.467 e. The van der Waals surface area contributed by atoms with Gasteiger partial charge >= 0.3 is 5.95 Å². The molecule has 5 nitrogen and oxygen atoms in total. The highest BCUT2D eigenvalue weighted by Gasteiger charge is 2.28. The first-order chi connectivity index (χ1) is 9.65. The number of hydrogen-bond acceptors (Lipinski definition) is 4. The largest absolute Gasteiger partial charge is 0.467 e. The molecule has 0 N–H and O–H groups in total. The van der Waals surface area contributed by atoms with Crippen LogP contribution in [0.2, 0.25) is 0 Å². The van der Waals surface area contributed by atoms with Crippen molar-refractivity contribution in [2.24, 2.45) is 0 Å². The number of rotatable bonds is 5. The standard InChI is InChI=1S/C15H20N2O3/c1-4-6-12-8-9-14(18)17(12)10-5-7-13-16-11(2)15(19-3)20-13/h12H,5,7-10H2,1-3H3/t12-/m1/s1. The third kappa shape index (κ3) is 3.13. The first-order valence-corrected chi connectivity index (χ1v) is 6.87. The van der Waals surface area contributed by atoms with E-state index in [1.807, 2.05) is 18.7 Å². The van der Waals surface area contributed by atoms with Gasteiger partial charge in [0.2, 0.25) is 5.91 Å². The number of carbonyl (C=O) groups excluding carboxylic acids is 1. The number of likely N-dealkylation sites (tertiary alicyclic amines) is 1. The summed E-state index contributed by atoms with van der Waals surface area (Å²) in [6.07, 6.45) is 2.95. The number of aromatic nitrogens is 1. The zero-order valence-corrected chi connectivity index (χ0v) is 12.2. The molecule has 0 aliphatic carbocycles. The molecule has 1 aromatic heterocycles. The van der Waals surface area contributed by atoms with Crippen LogP contribution in [0, 0.1) is 18.8 Å². The molecule has 5 heteroatoms. The number of carbonyl (C=O) groups is 1. The summed E-state index contributed by atoms with van der Waals surface area (Å²) in [7, 11) is 1.56. The molecule has 1 aliphatic heterocycles. The van der Waals surface area contributed by atoms with Gasteiger partial charge in [0.1, 0.15) is 5.69 Å². The van der Waals surface area contributed by atoms with Crippen molar-refractivity contribution in [2.45, 2.75) is 45.6 Å². The molecular formula is C15H20N2O3. The van der Waals surface area contributed by atoms with E-state index < -0.39 is 0 Å². The van der Waals surface area contributed by atoms with Crippen LogP contribution >= 0.6 is 0 Å². The number of nitrogens with zero attached hydrogens (tertiary/aromatic N) is 2. The van der Waals surface area contributed by atoms with E-state index in [4.69, 9.17) is 9.15 Å². The molecular weight excluding hydrogens is 256 g/mol. The van der Waals surface area contributed by atoms with Crippen LogP contribution in [0.25, 0.3) is 0 Å². The smallest absolute Gasteiger partial charge is 0.307 e. The molecule has 1 saturated heterocycles. The molecule has 1 atom stereocenters. The van der Waals surface area contributed by atoms with Gasteiger partial charge in [0.25, 0.3) is 0 Å². The van der Waals surface area contributed by atoms with Crippen LogP contribution in [-0.2, 0) is 11.2 Å². The maximum absolute atomic E-state index is 11.8. The monoisotopic (exact) mass is 276 g/mol. The third-order valence-corrected chi connectivity index (χ3v) is 3.41. The van der Waals surface area contributed by atoms with Gasteiger partial charge in [0.05, 0.1) is 13.2 Å².